The number of nitrogens with zero attached hydrogens (tertiary/aromatic N) is 3. The van der Waals surface area contributed by atoms with Crippen molar-refractivity contribution in [3.05, 3.63) is 41.5 Å². The van der Waals surface area contributed by atoms with E-state index in [-0.39, 0.29) is 0 Å². The Balaban J connectivity index is 2.13. The highest BCUT2D eigenvalue weighted by Crippen LogP contribution is 2.14. The Labute approximate surface area is 126 Å². The number of aromatic nitrogens is 3. The molecule has 0 aliphatic heterocycles. The molecule has 21 heavy (non-hydrogen) atoms. The van der Waals surface area contributed by atoms with Crippen LogP contribution in [0.1, 0.15) is 37.4 Å². The number of aryl methyl sites for hydroxylation is 2. The number of hydrogen-bond acceptors (Lipinski definition) is 5. The molecule has 0 unspecified atom stereocenters. The van der Waals surface area contributed by atoms with Crippen molar-refractivity contribution >= 4 is 11.6 Å². The summed E-state index contributed by atoms with van der Waals surface area (Å²) in [5.41, 5.74) is 2.22. The third kappa shape index (κ3) is 4.41. The van der Waals surface area contributed by atoms with Crippen molar-refractivity contribution < 1.29 is 0 Å². The van der Waals surface area contributed by atoms with Crippen LogP contribution in [0.3, 0.4) is 0 Å². The van der Waals surface area contributed by atoms with Crippen LogP contribution in [0.5, 0.6) is 0 Å². The Morgan fingerprint density at radius 2 is 1.86 bits per heavy atom. The molecule has 0 saturated heterocycles. The van der Waals surface area contributed by atoms with Gasteiger partial charge < -0.3 is 10.6 Å². The van der Waals surface area contributed by atoms with Crippen LogP contribution in [0.25, 0.3) is 0 Å². The molecule has 2 aromatic heterocycles. The van der Waals surface area contributed by atoms with Crippen molar-refractivity contribution in [1.29, 1.82) is 0 Å². The van der Waals surface area contributed by atoms with E-state index in [0.717, 1.165) is 42.5 Å². The molecule has 0 fully saturated rings. The fraction of sp³-hybridized carbons (Fsp3) is 0.438. The molecule has 0 aliphatic rings. The highest BCUT2D eigenvalue weighted by Gasteiger charge is 2.05. The second-order valence-electron chi connectivity index (χ2n) is 4.96. The molecule has 0 atom stereocenters. The van der Waals surface area contributed by atoms with E-state index in [1.807, 2.05) is 18.3 Å². The first-order valence-electron chi connectivity index (χ1n) is 7.49. The lowest BCUT2D eigenvalue weighted by atomic mass is 10.2. The van der Waals surface area contributed by atoms with Crippen molar-refractivity contribution in [2.45, 2.75) is 40.2 Å². The summed E-state index contributed by atoms with van der Waals surface area (Å²) in [6.07, 6.45) is 3.74. The summed E-state index contributed by atoms with van der Waals surface area (Å²) in [6, 6.07) is 5.96. The van der Waals surface area contributed by atoms with Crippen molar-refractivity contribution in [1.82, 2.24) is 15.0 Å². The summed E-state index contributed by atoms with van der Waals surface area (Å²) in [5.74, 6) is 2.59. The average molecular weight is 285 g/mol. The number of pyridine rings is 1. The van der Waals surface area contributed by atoms with Gasteiger partial charge in [-0.15, -0.1) is 0 Å². The average Bonchev–Trinajstić information content (AvgIpc) is 2.47. The second-order valence-corrected chi connectivity index (χ2v) is 4.96. The molecule has 2 heterocycles. The maximum atomic E-state index is 4.56. The summed E-state index contributed by atoms with van der Waals surface area (Å²) in [4.78, 5) is 13.5. The monoisotopic (exact) mass is 285 g/mol. The lowest BCUT2D eigenvalue weighted by Crippen LogP contribution is -2.09. The lowest BCUT2D eigenvalue weighted by molar-refractivity contribution is 0.833. The van der Waals surface area contributed by atoms with Crippen LogP contribution in [0.15, 0.2) is 24.4 Å². The minimum Gasteiger partial charge on any atom is -0.370 e. The van der Waals surface area contributed by atoms with E-state index in [2.05, 4.69) is 52.4 Å². The van der Waals surface area contributed by atoms with Crippen LogP contribution in [0, 0.1) is 6.92 Å². The van der Waals surface area contributed by atoms with E-state index in [1.54, 1.807) is 0 Å². The third-order valence-corrected chi connectivity index (χ3v) is 3.16. The van der Waals surface area contributed by atoms with Crippen molar-refractivity contribution in [2.24, 2.45) is 0 Å². The Morgan fingerprint density at radius 3 is 2.52 bits per heavy atom. The summed E-state index contributed by atoms with van der Waals surface area (Å²) in [7, 11) is 0. The lowest BCUT2D eigenvalue weighted by Gasteiger charge is -2.11. The van der Waals surface area contributed by atoms with Crippen molar-refractivity contribution in [3.8, 4) is 0 Å². The van der Waals surface area contributed by atoms with E-state index < -0.39 is 0 Å². The minimum atomic E-state index is 0.667. The molecule has 0 spiro atoms. The molecule has 0 radical (unpaired) electrons. The molecule has 2 aromatic rings. The van der Waals surface area contributed by atoms with Crippen molar-refractivity contribution in [2.75, 3.05) is 17.2 Å². The number of anilines is 2. The zero-order chi connectivity index (χ0) is 15.1. The van der Waals surface area contributed by atoms with Crippen LogP contribution in [0.4, 0.5) is 11.6 Å². The fourth-order valence-electron chi connectivity index (χ4n) is 2.07. The smallest absolute Gasteiger partial charge is 0.133 e. The van der Waals surface area contributed by atoms with Crippen molar-refractivity contribution in [3.63, 3.8) is 0 Å². The largest absolute Gasteiger partial charge is 0.370 e. The molecular formula is C16H23N5. The first kappa shape index (κ1) is 15.2. The number of nitrogens with one attached hydrogen (secondary N) is 2. The molecule has 0 aromatic carbocycles. The van der Waals surface area contributed by atoms with Crippen LogP contribution < -0.4 is 10.6 Å². The molecule has 2 N–H and O–H groups in total. The van der Waals surface area contributed by atoms with Gasteiger partial charge >= 0.3 is 0 Å². The minimum absolute atomic E-state index is 0.667. The Kier molecular flexibility index (Phi) is 5.49. The summed E-state index contributed by atoms with van der Waals surface area (Å²) in [6.45, 7) is 7.78. The van der Waals surface area contributed by atoms with Gasteiger partial charge in [0.25, 0.3) is 0 Å². The molecular weight excluding hydrogens is 262 g/mol. The molecule has 0 saturated carbocycles. The Hall–Kier alpha value is -2.17. The van der Waals surface area contributed by atoms with Crippen LogP contribution in [-0.4, -0.2) is 21.5 Å². The molecule has 0 bridgehead atoms. The van der Waals surface area contributed by atoms with Crippen LogP contribution in [-0.2, 0) is 13.0 Å². The predicted molar refractivity (Wildman–Crippen MR) is 86.5 cm³/mol. The van der Waals surface area contributed by atoms with E-state index in [0.29, 0.717) is 6.54 Å². The van der Waals surface area contributed by atoms with Gasteiger partial charge in [0.05, 0.1) is 12.2 Å². The van der Waals surface area contributed by atoms with Crippen LogP contribution >= 0.6 is 0 Å². The van der Waals surface area contributed by atoms with Gasteiger partial charge in [-0.25, -0.2) is 9.97 Å². The van der Waals surface area contributed by atoms with E-state index >= 15 is 0 Å². The number of hydrogen-bond donors (Lipinski definition) is 2. The van der Waals surface area contributed by atoms with Gasteiger partial charge in [-0.3, -0.25) is 4.98 Å². The zero-order valence-electron chi connectivity index (χ0n) is 13.0. The third-order valence-electron chi connectivity index (χ3n) is 3.16. The second kappa shape index (κ2) is 7.57. The first-order chi connectivity index (χ1) is 10.2. The predicted octanol–water partition coefficient (Wildman–Crippen LogP) is 3.18. The quantitative estimate of drug-likeness (QED) is 0.818. The standard InChI is InChI=1S/C16H23N5/c1-4-7-14-20-15(17-5-2)10-16(21-14)19-11-13-12(3)8-6-9-18-13/h6,8-10H,4-5,7,11H2,1-3H3,(H2,17,19,20,21). The fourth-order valence-corrected chi connectivity index (χ4v) is 2.07. The molecule has 112 valence electrons. The maximum absolute atomic E-state index is 4.56. The highest BCUT2D eigenvalue weighted by molar-refractivity contribution is 5.47. The zero-order valence-corrected chi connectivity index (χ0v) is 13.0. The molecule has 0 aliphatic carbocycles. The summed E-state index contributed by atoms with van der Waals surface area (Å²) >= 11 is 0. The topological polar surface area (TPSA) is 62.7 Å². The van der Waals surface area contributed by atoms with Gasteiger partial charge in [-0.05, 0) is 31.9 Å². The van der Waals surface area contributed by atoms with E-state index in [4.69, 9.17) is 0 Å². The van der Waals surface area contributed by atoms with E-state index in [9.17, 15) is 0 Å². The van der Waals surface area contributed by atoms with E-state index in [1.165, 1.54) is 5.56 Å². The van der Waals surface area contributed by atoms with Crippen LogP contribution in [0.2, 0.25) is 0 Å². The van der Waals surface area contributed by atoms with Gasteiger partial charge in [0.2, 0.25) is 0 Å². The molecule has 5 nitrogen and oxygen atoms in total. The normalized spacial score (nSPS) is 10.4. The Bertz CT molecular complexity index is 558. The van der Waals surface area contributed by atoms with Gasteiger partial charge in [0.1, 0.15) is 17.5 Å². The number of rotatable bonds is 7. The molecule has 0 amide bonds. The van der Waals surface area contributed by atoms with Gasteiger partial charge in [0.15, 0.2) is 0 Å². The molecule has 2 rings (SSSR count). The first-order valence-corrected chi connectivity index (χ1v) is 7.49. The van der Waals surface area contributed by atoms with Gasteiger partial charge in [-0.1, -0.05) is 13.0 Å². The molecule has 5 heteroatoms. The highest BCUT2D eigenvalue weighted by atomic mass is 15.1. The maximum Gasteiger partial charge on any atom is 0.133 e. The van der Waals surface area contributed by atoms with Gasteiger partial charge in [-0.2, -0.15) is 0 Å². The summed E-state index contributed by atoms with van der Waals surface area (Å²) in [5, 5.41) is 6.60. The van der Waals surface area contributed by atoms with Gasteiger partial charge in [0, 0.05) is 25.2 Å². The Morgan fingerprint density at radius 1 is 1.10 bits per heavy atom. The summed E-state index contributed by atoms with van der Waals surface area (Å²) < 4.78 is 0. The SMILES string of the molecule is CCCc1nc(NCC)cc(NCc2ncccc2C)n1.